The van der Waals surface area contributed by atoms with Crippen LogP contribution in [0, 0.1) is 0 Å². The number of aromatic nitrogens is 1. The maximum atomic E-state index is 9.31. The van der Waals surface area contributed by atoms with E-state index in [-0.39, 0.29) is 10.2 Å². The minimum absolute atomic E-state index is 0.127. The van der Waals surface area contributed by atoms with Crippen molar-refractivity contribution in [2.45, 2.75) is 19.1 Å². The molecular formula is C8H9Cl3N2O. The summed E-state index contributed by atoms with van der Waals surface area (Å²) in [6.07, 6.45) is 0.594. The van der Waals surface area contributed by atoms with E-state index >= 15 is 0 Å². The van der Waals surface area contributed by atoms with Crippen LogP contribution in [-0.4, -0.2) is 16.2 Å². The van der Waals surface area contributed by atoms with Gasteiger partial charge < -0.3 is 10.8 Å². The highest BCUT2D eigenvalue weighted by Gasteiger charge is 2.20. The number of pyridine rings is 1. The van der Waals surface area contributed by atoms with Gasteiger partial charge in [0.2, 0.25) is 0 Å². The van der Waals surface area contributed by atoms with Crippen LogP contribution in [0.25, 0.3) is 0 Å². The van der Waals surface area contributed by atoms with E-state index in [1.165, 1.54) is 6.20 Å². The molecule has 3 N–H and O–H groups in total. The molecule has 0 aliphatic rings. The lowest BCUT2D eigenvalue weighted by Crippen LogP contribution is -2.24. The number of hydrogen-bond acceptors (Lipinski definition) is 3. The standard InChI is InChI=1S/C8H9Cl3N2O/c1-3(14)7(12)5-4(9)2-13-8(11)6(5)10/h2-3,7,14H,12H2,1H3/t3?,7-/m0/s1. The molecule has 0 saturated heterocycles. The van der Waals surface area contributed by atoms with Crippen LogP contribution in [0.1, 0.15) is 18.5 Å². The van der Waals surface area contributed by atoms with Crippen molar-refractivity contribution in [2.24, 2.45) is 5.73 Å². The number of aliphatic hydroxyl groups is 1. The summed E-state index contributed by atoms with van der Waals surface area (Å²) in [6.45, 7) is 1.55. The van der Waals surface area contributed by atoms with E-state index in [0.29, 0.717) is 10.6 Å². The molecule has 3 nitrogen and oxygen atoms in total. The van der Waals surface area contributed by atoms with E-state index in [1.54, 1.807) is 6.92 Å². The second-order valence-corrected chi connectivity index (χ2v) is 4.03. The zero-order valence-corrected chi connectivity index (χ0v) is 9.61. The van der Waals surface area contributed by atoms with E-state index in [4.69, 9.17) is 40.5 Å². The Labute approximate surface area is 96.8 Å². The Bertz CT molecular complexity index is 344. The highest BCUT2D eigenvalue weighted by molar-refractivity contribution is 6.43. The van der Waals surface area contributed by atoms with Crippen molar-refractivity contribution in [3.05, 3.63) is 27.0 Å². The molecule has 0 radical (unpaired) electrons. The molecular weight excluding hydrogens is 246 g/mol. The summed E-state index contributed by atoms with van der Waals surface area (Å²) < 4.78 is 0. The SMILES string of the molecule is CC(O)[C@H](N)c1c(Cl)cnc(Cl)c1Cl. The van der Waals surface area contributed by atoms with E-state index in [2.05, 4.69) is 4.98 Å². The molecule has 6 heteroatoms. The molecule has 0 fully saturated rings. The average molecular weight is 256 g/mol. The highest BCUT2D eigenvalue weighted by Crippen LogP contribution is 2.34. The first kappa shape index (κ1) is 12.0. The van der Waals surface area contributed by atoms with Gasteiger partial charge in [-0.05, 0) is 6.92 Å². The van der Waals surface area contributed by atoms with Crippen molar-refractivity contribution in [1.82, 2.24) is 4.98 Å². The molecule has 0 spiro atoms. The number of nitrogens with two attached hydrogens (primary N) is 1. The van der Waals surface area contributed by atoms with Crippen molar-refractivity contribution in [3.63, 3.8) is 0 Å². The van der Waals surface area contributed by atoms with Gasteiger partial charge in [-0.3, -0.25) is 0 Å². The summed E-state index contributed by atoms with van der Waals surface area (Å²) >= 11 is 17.4. The van der Waals surface area contributed by atoms with E-state index in [1.807, 2.05) is 0 Å². The molecule has 1 unspecified atom stereocenters. The minimum atomic E-state index is -0.761. The second-order valence-electron chi connectivity index (χ2n) is 2.89. The summed E-state index contributed by atoms with van der Waals surface area (Å²) in [4.78, 5) is 3.74. The Morgan fingerprint density at radius 2 is 2.00 bits per heavy atom. The van der Waals surface area contributed by atoms with Gasteiger partial charge in [-0.25, -0.2) is 4.98 Å². The maximum Gasteiger partial charge on any atom is 0.148 e. The van der Waals surface area contributed by atoms with Gasteiger partial charge >= 0.3 is 0 Å². The largest absolute Gasteiger partial charge is 0.391 e. The van der Waals surface area contributed by atoms with Crippen LogP contribution in [0.5, 0.6) is 0 Å². The van der Waals surface area contributed by atoms with E-state index in [0.717, 1.165) is 0 Å². The lowest BCUT2D eigenvalue weighted by atomic mass is 10.1. The van der Waals surface area contributed by atoms with Crippen LogP contribution in [0.15, 0.2) is 6.20 Å². The van der Waals surface area contributed by atoms with E-state index < -0.39 is 12.1 Å². The molecule has 1 aromatic rings. The zero-order chi connectivity index (χ0) is 10.9. The van der Waals surface area contributed by atoms with Crippen molar-refractivity contribution < 1.29 is 5.11 Å². The Kier molecular flexibility index (Phi) is 3.98. The molecule has 2 atom stereocenters. The maximum absolute atomic E-state index is 9.31. The number of aliphatic hydroxyl groups excluding tert-OH is 1. The Balaban J connectivity index is 3.25. The quantitative estimate of drug-likeness (QED) is 0.798. The fourth-order valence-corrected chi connectivity index (χ4v) is 1.75. The number of rotatable bonds is 2. The van der Waals surface area contributed by atoms with Gasteiger partial charge in [0, 0.05) is 11.8 Å². The van der Waals surface area contributed by atoms with Gasteiger partial charge in [-0.1, -0.05) is 34.8 Å². The molecule has 0 bridgehead atoms. The Morgan fingerprint density at radius 1 is 1.43 bits per heavy atom. The molecule has 1 rings (SSSR count). The predicted molar refractivity (Wildman–Crippen MR) is 57.9 cm³/mol. The van der Waals surface area contributed by atoms with E-state index in [9.17, 15) is 5.11 Å². The predicted octanol–water partition coefficient (Wildman–Crippen LogP) is 2.42. The van der Waals surface area contributed by atoms with Gasteiger partial charge in [0.25, 0.3) is 0 Å². The topological polar surface area (TPSA) is 59.1 Å². The first-order valence-electron chi connectivity index (χ1n) is 3.88. The first-order valence-corrected chi connectivity index (χ1v) is 5.01. The molecule has 0 aliphatic heterocycles. The third-order valence-corrected chi connectivity index (χ3v) is 2.89. The monoisotopic (exact) mass is 254 g/mol. The van der Waals surface area contributed by atoms with Gasteiger partial charge in [-0.15, -0.1) is 0 Å². The number of nitrogens with zero attached hydrogens (tertiary/aromatic N) is 1. The molecule has 0 aliphatic carbocycles. The molecule has 14 heavy (non-hydrogen) atoms. The van der Waals surface area contributed by atoms with Crippen molar-refractivity contribution >= 4 is 34.8 Å². The number of halogens is 3. The summed E-state index contributed by atoms with van der Waals surface area (Å²) in [5.74, 6) is 0. The normalized spacial score (nSPS) is 15.3. The molecule has 0 aromatic carbocycles. The van der Waals surface area contributed by atoms with Crippen LogP contribution in [0.2, 0.25) is 15.2 Å². The minimum Gasteiger partial charge on any atom is -0.391 e. The van der Waals surface area contributed by atoms with Gasteiger partial charge in [0.05, 0.1) is 22.2 Å². The summed E-state index contributed by atoms with van der Waals surface area (Å²) in [5.41, 5.74) is 6.12. The zero-order valence-electron chi connectivity index (χ0n) is 7.34. The van der Waals surface area contributed by atoms with Crippen LogP contribution < -0.4 is 5.73 Å². The highest BCUT2D eigenvalue weighted by atomic mass is 35.5. The van der Waals surface area contributed by atoms with Crippen molar-refractivity contribution in [1.29, 1.82) is 0 Å². The molecule has 1 heterocycles. The lowest BCUT2D eigenvalue weighted by molar-refractivity contribution is 0.164. The summed E-state index contributed by atoms with van der Waals surface area (Å²) in [6, 6.07) is -0.671. The number of hydrogen-bond donors (Lipinski definition) is 2. The second kappa shape index (κ2) is 4.64. The molecule has 78 valence electrons. The third-order valence-electron chi connectivity index (χ3n) is 1.82. The summed E-state index contributed by atoms with van der Waals surface area (Å²) in [5, 5.41) is 9.92. The summed E-state index contributed by atoms with van der Waals surface area (Å²) in [7, 11) is 0. The smallest absolute Gasteiger partial charge is 0.148 e. The van der Waals surface area contributed by atoms with Crippen molar-refractivity contribution in [3.8, 4) is 0 Å². The van der Waals surface area contributed by atoms with Crippen LogP contribution >= 0.6 is 34.8 Å². The molecule has 0 amide bonds. The third kappa shape index (κ3) is 2.30. The van der Waals surface area contributed by atoms with Crippen molar-refractivity contribution in [2.75, 3.05) is 0 Å². The fraction of sp³-hybridized carbons (Fsp3) is 0.375. The molecule has 0 saturated carbocycles. The Hall–Kier alpha value is -0.0600. The Morgan fingerprint density at radius 3 is 2.50 bits per heavy atom. The van der Waals surface area contributed by atoms with Gasteiger partial charge in [-0.2, -0.15) is 0 Å². The molecule has 1 aromatic heterocycles. The van der Waals surface area contributed by atoms with Crippen LogP contribution in [0.4, 0.5) is 0 Å². The average Bonchev–Trinajstić information content (AvgIpc) is 2.12. The van der Waals surface area contributed by atoms with Crippen LogP contribution in [-0.2, 0) is 0 Å². The van der Waals surface area contributed by atoms with Crippen LogP contribution in [0.3, 0.4) is 0 Å². The first-order chi connectivity index (χ1) is 6.45. The fourth-order valence-electron chi connectivity index (χ4n) is 1.00. The van der Waals surface area contributed by atoms with Gasteiger partial charge in [0.15, 0.2) is 0 Å². The van der Waals surface area contributed by atoms with Gasteiger partial charge in [0.1, 0.15) is 5.15 Å². The lowest BCUT2D eigenvalue weighted by Gasteiger charge is -2.18.